The highest BCUT2D eigenvalue weighted by molar-refractivity contribution is 5.86. The average molecular weight is 482 g/mol. The summed E-state index contributed by atoms with van der Waals surface area (Å²) in [5, 5.41) is 7.26. The second kappa shape index (κ2) is 8.14. The van der Waals surface area contributed by atoms with E-state index in [4.69, 9.17) is 9.26 Å². The van der Waals surface area contributed by atoms with Crippen LogP contribution in [0.5, 0.6) is 11.5 Å². The number of fused-ring (bicyclic) bond motifs is 1. The fraction of sp³-hybridized carbons (Fsp3) is 0.360. The molecule has 182 valence electrons. The first-order valence-corrected chi connectivity index (χ1v) is 11.2. The first-order chi connectivity index (χ1) is 16.5. The smallest absolute Gasteiger partial charge is 0.258 e. The number of imidazole rings is 1. The number of hydrogen-bond acceptors (Lipinski definition) is 7. The zero-order valence-corrected chi connectivity index (χ0v) is 19.8. The standard InChI is InChI=1S/C25H25F2N5O3/c1-24(2,3)21-12-22(31-35-21)30-23-29-18-6-5-15(11-19(18)32(23)4)34-16-7-8-28-14(9-16)10-20(33)17-13-25(17,26)27/h5-9,11-12,17H,10,13H2,1-4H3,(H,29,30,31). The molecule has 0 saturated heterocycles. The van der Waals surface area contributed by atoms with Gasteiger partial charge in [0, 0.05) is 49.7 Å². The SMILES string of the molecule is Cn1c(Nc2cc(C(C)(C)C)on2)nc2ccc(Oc3ccnc(CC(=O)C4CC4(F)F)c3)cc21. The van der Waals surface area contributed by atoms with Crippen molar-refractivity contribution >= 4 is 28.6 Å². The summed E-state index contributed by atoms with van der Waals surface area (Å²) in [5.74, 6) is -1.64. The van der Waals surface area contributed by atoms with E-state index in [1.165, 1.54) is 6.20 Å². The zero-order valence-electron chi connectivity index (χ0n) is 19.8. The number of rotatable bonds is 7. The maximum atomic E-state index is 13.2. The van der Waals surface area contributed by atoms with E-state index in [0.29, 0.717) is 29.0 Å². The summed E-state index contributed by atoms with van der Waals surface area (Å²) in [6, 6.07) is 10.5. The highest BCUT2D eigenvalue weighted by Gasteiger charge is 2.60. The second-order valence-electron chi connectivity index (χ2n) is 9.84. The van der Waals surface area contributed by atoms with Crippen LogP contribution in [0.2, 0.25) is 0 Å². The number of anilines is 2. The van der Waals surface area contributed by atoms with Crippen molar-refractivity contribution in [2.75, 3.05) is 5.32 Å². The molecule has 1 atom stereocenters. The van der Waals surface area contributed by atoms with E-state index in [1.807, 2.05) is 50.6 Å². The molecule has 1 N–H and O–H groups in total. The summed E-state index contributed by atoms with van der Waals surface area (Å²) in [4.78, 5) is 20.8. The summed E-state index contributed by atoms with van der Waals surface area (Å²) in [5.41, 5.74) is 1.82. The molecule has 1 aliphatic carbocycles. The van der Waals surface area contributed by atoms with Gasteiger partial charge in [0.05, 0.1) is 22.6 Å². The van der Waals surface area contributed by atoms with Gasteiger partial charge in [-0.05, 0) is 18.2 Å². The van der Waals surface area contributed by atoms with E-state index in [0.717, 1.165) is 16.8 Å². The Bertz CT molecular complexity index is 1420. The summed E-state index contributed by atoms with van der Waals surface area (Å²) in [6.45, 7) is 6.13. The minimum atomic E-state index is -2.88. The van der Waals surface area contributed by atoms with Crippen molar-refractivity contribution in [1.29, 1.82) is 0 Å². The van der Waals surface area contributed by atoms with Gasteiger partial charge in [0.2, 0.25) is 5.95 Å². The minimum absolute atomic E-state index is 0.147. The Morgan fingerprint density at radius 1 is 1.23 bits per heavy atom. The fourth-order valence-corrected chi connectivity index (χ4v) is 3.76. The van der Waals surface area contributed by atoms with Crippen LogP contribution in [0.25, 0.3) is 11.0 Å². The molecule has 1 aromatic carbocycles. The number of aromatic nitrogens is 4. The van der Waals surface area contributed by atoms with E-state index in [-0.39, 0.29) is 18.3 Å². The molecule has 0 bridgehead atoms. The lowest BCUT2D eigenvalue weighted by molar-refractivity contribution is -0.121. The molecular formula is C25H25F2N5O3. The number of carbonyl (C=O) groups excluding carboxylic acids is 1. The van der Waals surface area contributed by atoms with Crippen molar-refractivity contribution in [3.8, 4) is 11.5 Å². The third-order valence-electron chi connectivity index (χ3n) is 5.94. The lowest BCUT2D eigenvalue weighted by Gasteiger charge is -2.12. The molecule has 0 radical (unpaired) electrons. The molecule has 0 aliphatic heterocycles. The molecule has 1 unspecified atom stereocenters. The van der Waals surface area contributed by atoms with E-state index in [1.54, 1.807) is 18.2 Å². The largest absolute Gasteiger partial charge is 0.457 e. The molecule has 8 nitrogen and oxygen atoms in total. The summed E-state index contributed by atoms with van der Waals surface area (Å²) < 4.78 is 39.6. The van der Waals surface area contributed by atoms with Gasteiger partial charge < -0.3 is 19.1 Å². The third kappa shape index (κ3) is 4.73. The molecule has 10 heteroatoms. The molecular weight excluding hydrogens is 456 g/mol. The van der Waals surface area contributed by atoms with Crippen molar-refractivity contribution in [2.24, 2.45) is 13.0 Å². The Kier molecular flexibility index (Phi) is 5.34. The van der Waals surface area contributed by atoms with Gasteiger partial charge in [-0.3, -0.25) is 9.78 Å². The third-order valence-corrected chi connectivity index (χ3v) is 5.94. The first kappa shape index (κ1) is 22.9. The molecule has 35 heavy (non-hydrogen) atoms. The van der Waals surface area contributed by atoms with Gasteiger partial charge in [0.1, 0.15) is 23.0 Å². The number of ether oxygens (including phenoxy) is 1. The van der Waals surface area contributed by atoms with Gasteiger partial charge in [0.25, 0.3) is 5.92 Å². The Hall–Kier alpha value is -3.82. The summed E-state index contributed by atoms with van der Waals surface area (Å²) >= 11 is 0. The molecule has 1 saturated carbocycles. The van der Waals surface area contributed by atoms with Crippen LogP contribution in [0, 0.1) is 5.92 Å². The van der Waals surface area contributed by atoms with Gasteiger partial charge in [-0.25, -0.2) is 13.8 Å². The lowest BCUT2D eigenvalue weighted by Crippen LogP contribution is -2.11. The molecule has 3 aromatic heterocycles. The molecule has 5 rings (SSSR count). The molecule has 0 spiro atoms. The molecule has 0 amide bonds. The average Bonchev–Trinajstić information content (AvgIpc) is 3.09. The van der Waals surface area contributed by atoms with Gasteiger partial charge in [-0.2, -0.15) is 0 Å². The van der Waals surface area contributed by atoms with Crippen LogP contribution in [-0.4, -0.2) is 31.4 Å². The van der Waals surface area contributed by atoms with Crippen molar-refractivity contribution in [1.82, 2.24) is 19.7 Å². The number of ketones is 1. The topological polar surface area (TPSA) is 95.1 Å². The number of nitrogens with one attached hydrogen (secondary N) is 1. The molecule has 1 aliphatic rings. The number of halogens is 2. The van der Waals surface area contributed by atoms with Gasteiger partial charge >= 0.3 is 0 Å². The van der Waals surface area contributed by atoms with Gasteiger partial charge in [-0.15, -0.1) is 0 Å². The maximum Gasteiger partial charge on any atom is 0.258 e. The predicted octanol–water partition coefficient (Wildman–Crippen LogP) is 5.56. The van der Waals surface area contributed by atoms with Crippen LogP contribution < -0.4 is 10.1 Å². The number of nitrogens with zero attached hydrogens (tertiary/aromatic N) is 4. The Morgan fingerprint density at radius 2 is 1.97 bits per heavy atom. The quantitative estimate of drug-likeness (QED) is 0.369. The molecule has 4 aromatic rings. The van der Waals surface area contributed by atoms with Crippen LogP contribution in [0.3, 0.4) is 0 Å². The number of pyridine rings is 1. The fourth-order valence-electron chi connectivity index (χ4n) is 3.76. The van der Waals surface area contributed by atoms with Crippen LogP contribution in [0.15, 0.2) is 47.1 Å². The highest BCUT2D eigenvalue weighted by atomic mass is 19.3. The van der Waals surface area contributed by atoms with E-state index in [2.05, 4.69) is 20.4 Å². The Morgan fingerprint density at radius 3 is 2.66 bits per heavy atom. The van der Waals surface area contributed by atoms with Crippen LogP contribution in [0.1, 0.15) is 38.6 Å². The monoisotopic (exact) mass is 481 g/mol. The lowest BCUT2D eigenvalue weighted by atomic mass is 9.93. The van der Waals surface area contributed by atoms with Crippen LogP contribution in [0.4, 0.5) is 20.5 Å². The van der Waals surface area contributed by atoms with Crippen molar-refractivity contribution in [3.05, 3.63) is 54.0 Å². The maximum absolute atomic E-state index is 13.2. The first-order valence-electron chi connectivity index (χ1n) is 11.2. The number of Topliss-reactive ketones (excluding diaryl/α,β-unsaturated/α-hetero) is 1. The second-order valence-corrected chi connectivity index (χ2v) is 9.84. The summed E-state index contributed by atoms with van der Waals surface area (Å²) in [6.07, 6.45) is 0.974. The molecule has 1 fully saturated rings. The summed E-state index contributed by atoms with van der Waals surface area (Å²) in [7, 11) is 1.87. The number of aryl methyl sites for hydroxylation is 1. The van der Waals surface area contributed by atoms with E-state index in [9.17, 15) is 13.6 Å². The number of benzene rings is 1. The van der Waals surface area contributed by atoms with E-state index < -0.39 is 17.6 Å². The zero-order chi connectivity index (χ0) is 25.0. The van der Waals surface area contributed by atoms with Gasteiger partial charge in [-0.1, -0.05) is 25.9 Å². The highest BCUT2D eigenvalue weighted by Crippen LogP contribution is 2.49. The van der Waals surface area contributed by atoms with Crippen molar-refractivity contribution in [2.45, 2.75) is 45.0 Å². The number of hydrogen-bond donors (Lipinski definition) is 1. The number of carbonyl (C=O) groups is 1. The van der Waals surface area contributed by atoms with Crippen molar-refractivity contribution in [3.63, 3.8) is 0 Å². The number of alkyl halides is 2. The van der Waals surface area contributed by atoms with Gasteiger partial charge in [0.15, 0.2) is 5.82 Å². The Balaban J connectivity index is 1.32. The Labute approximate surface area is 200 Å². The van der Waals surface area contributed by atoms with Crippen molar-refractivity contribution < 1.29 is 22.8 Å². The minimum Gasteiger partial charge on any atom is -0.457 e. The van der Waals surface area contributed by atoms with Crippen LogP contribution >= 0.6 is 0 Å². The van der Waals surface area contributed by atoms with E-state index >= 15 is 0 Å². The predicted molar refractivity (Wildman–Crippen MR) is 125 cm³/mol. The van der Waals surface area contributed by atoms with Crippen LogP contribution in [-0.2, 0) is 23.7 Å². The normalized spacial score (nSPS) is 16.9. The molecule has 3 heterocycles.